The highest BCUT2D eigenvalue weighted by Crippen LogP contribution is 2.22. The van der Waals surface area contributed by atoms with E-state index < -0.39 is 0 Å². The minimum absolute atomic E-state index is 0.254. The first-order valence-corrected chi connectivity index (χ1v) is 6.57. The second-order valence-corrected chi connectivity index (χ2v) is 4.83. The summed E-state index contributed by atoms with van der Waals surface area (Å²) in [6, 6.07) is 6.55. The maximum Gasteiger partial charge on any atom is 0.188 e. The van der Waals surface area contributed by atoms with Crippen LogP contribution in [-0.2, 0) is 12.3 Å². The van der Waals surface area contributed by atoms with Gasteiger partial charge >= 0.3 is 0 Å². The molecule has 0 radical (unpaired) electrons. The number of nitrogens with two attached hydrogens (primary N) is 1. The van der Waals surface area contributed by atoms with E-state index in [1.54, 1.807) is 12.3 Å². The molecule has 94 valence electrons. The quantitative estimate of drug-likeness (QED) is 0.680. The van der Waals surface area contributed by atoms with E-state index in [1.165, 1.54) is 23.9 Å². The first-order chi connectivity index (χ1) is 8.69. The summed E-state index contributed by atoms with van der Waals surface area (Å²) in [5.74, 6) is 0.437. The zero-order valence-electron chi connectivity index (χ0n) is 10.1. The highest BCUT2D eigenvalue weighted by Gasteiger charge is 2.05. The Morgan fingerprint density at radius 2 is 2.11 bits per heavy atom. The molecule has 0 unspecified atom stereocenters. The Morgan fingerprint density at radius 1 is 1.28 bits per heavy atom. The largest absolute Gasteiger partial charge is 0.326 e. The van der Waals surface area contributed by atoms with Gasteiger partial charge in [-0.3, -0.25) is 0 Å². The molecule has 1 aromatic carbocycles. The Hall–Kier alpha value is -1.46. The van der Waals surface area contributed by atoms with Crippen LogP contribution in [0.5, 0.6) is 0 Å². The molecule has 2 aromatic rings. The molecule has 5 heteroatoms. The minimum Gasteiger partial charge on any atom is -0.326 e. The fourth-order valence-corrected chi connectivity index (χ4v) is 2.47. The van der Waals surface area contributed by atoms with Gasteiger partial charge in [-0.2, -0.15) is 0 Å². The fourth-order valence-electron chi connectivity index (χ4n) is 1.56. The number of benzene rings is 1. The third-order valence-electron chi connectivity index (χ3n) is 2.52. The van der Waals surface area contributed by atoms with Gasteiger partial charge in [0, 0.05) is 24.2 Å². The summed E-state index contributed by atoms with van der Waals surface area (Å²) in [7, 11) is 0. The topological polar surface area (TPSA) is 51.8 Å². The van der Waals surface area contributed by atoms with Crippen LogP contribution in [0.2, 0.25) is 0 Å². The molecule has 0 saturated carbocycles. The molecule has 2 rings (SSSR count). The third-order valence-corrected chi connectivity index (χ3v) is 3.43. The number of hydrogen-bond donors (Lipinski definition) is 1. The first kappa shape index (κ1) is 13.0. The third kappa shape index (κ3) is 3.27. The van der Waals surface area contributed by atoms with Crippen LogP contribution in [0, 0.1) is 12.7 Å². The van der Waals surface area contributed by atoms with Crippen molar-refractivity contribution in [3.63, 3.8) is 0 Å². The molecule has 0 amide bonds. The maximum absolute atomic E-state index is 13.1. The summed E-state index contributed by atoms with van der Waals surface area (Å²) in [5.41, 5.74) is 8.39. The van der Waals surface area contributed by atoms with E-state index in [0.717, 1.165) is 22.0 Å². The molecule has 0 spiro atoms. The van der Waals surface area contributed by atoms with Crippen molar-refractivity contribution in [1.82, 2.24) is 9.97 Å². The van der Waals surface area contributed by atoms with Gasteiger partial charge in [0.25, 0.3) is 0 Å². The molecule has 0 aliphatic rings. The Kier molecular flexibility index (Phi) is 4.28. The van der Waals surface area contributed by atoms with E-state index in [4.69, 9.17) is 5.73 Å². The zero-order valence-corrected chi connectivity index (χ0v) is 10.9. The highest BCUT2D eigenvalue weighted by molar-refractivity contribution is 7.98. The van der Waals surface area contributed by atoms with E-state index in [9.17, 15) is 4.39 Å². The van der Waals surface area contributed by atoms with Crippen LogP contribution in [0.15, 0.2) is 35.6 Å². The lowest BCUT2D eigenvalue weighted by Gasteiger charge is -2.07. The van der Waals surface area contributed by atoms with Gasteiger partial charge in [-0.15, -0.1) is 0 Å². The summed E-state index contributed by atoms with van der Waals surface area (Å²) in [5, 5.41) is 0.724. The molecular weight excluding hydrogens is 249 g/mol. The summed E-state index contributed by atoms with van der Waals surface area (Å²) >= 11 is 1.52. The van der Waals surface area contributed by atoms with Crippen molar-refractivity contribution in [1.29, 1.82) is 0 Å². The predicted octanol–water partition coefficient (Wildman–Crippen LogP) is 2.68. The van der Waals surface area contributed by atoms with Gasteiger partial charge < -0.3 is 5.73 Å². The summed E-state index contributed by atoms with van der Waals surface area (Å²) in [6.45, 7) is 2.26. The van der Waals surface area contributed by atoms with Crippen molar-refractivity contribution < 1.29 is 4.39 Å². The van der Waals surface area contributed by atoms with Crippen molar-refractivity contribution in [3.8, 4) is 0 Å². The van der Waals surface area contributed by atoms with Crippen molar-refractivity contribution in [3.05, 3.63) is 53.1 Å². The van der Waals surface area contributed by atoms with Crippen LogP contribution in [0.1, 0.15) is 16.8 Å². The molecule has 3 nitrogen and oxygen atoms in total. The first-order valence-electron chi connectivity index (χ1n) is 5.59. The van der Waals surface area contributed by atoms with Crippen LogP contribution in [-0.4, -0.2) is 9.97 Å². The molecule has 18 heavy (non-hydrogen) atoms. The molecular formula is C13H14FN3S. The van der Waals surface area contributed by atoms with E-state index in [-0.39, 0.29) is 5.82 Å². The van der Waals surface area contributed by atoms with E-state index in [2.05, 4.69) is 9.97 Å². The summed E-state index contributed by atoms with van der Waals surface area (Å²) in [4.78, 5) is 8.48. The highest BCUT2D eigenvalue weighted by atomic mass is 32.2. The van der Waals surface area contributed by atoms with Crippen LogP contribution in [0.4, 0.5) is 4.39 Å². The Morgan fingerprint density at radius 3 is 2.83 bits per heavy atom. The molecule has 0 saturated heterocycles. The second-order valence-electron chi connectivity index (χ2n) is 3.89. The SMILES string of the molecule is Cc1ccnc(SCc2ccc(F)cc2CN)n1. The lowest BCUT2D eigenvalue weighted by atomic mass is 10.1. The maximum atomic E-state index is 13.1. The standard InChI is InChI=1S/C13H14FN3S/c1-9-4-5-16-13(17-9)18-8-10-2-3-12(14)6-11(10)7-15/h2-6H,7-8,15H2,1H3. The second kappa shape index (κ2) is 5.93. The average molecular weight is 263 g/mol. The van der Waals surface area contributed by atoms with Crippen molar-refractivity contribution >= 4 is 11.8 Å². The van der Waals surface area contributed by atoms with Gasteiger partial charge in [-0.05, 0) is 36.2 Å². The molecule has 0 atom stereocenters. The van der Waals surface area contributed by atoms with Crippen molar-refractivity contribution in [2.24, 2.45) is 5.73 Å². The van der Waals surface area contributed by atoms with Gasteiger partial charge in [0.1, 0.15) is 5.82 Å². The van der Waals surface area contributed by atoms with Crippen LogP contribution in [0.3, 0.4) is 0 Å². The monoisotopic (exact) mass is 263 g/mol. The summed E-state index contributed by atoms with van der Waals surface area (Å²) < 4.78 is 13.1. The van der Waals surface area contributed by atoms with E-state index in [1.807, 2.05) is 13.0 Å². The molecule has 0 aliphatic carbocycles. The Bertz CT molecular complexity index is 546. The molecule has 1 aromatic heterocycles. The fraction of sp³-hybridized carbons (Fsp3) is 0.231. The number of aryl methyl sites for hydroxylation is 1. The number of hydrogen-bond acceptors (Lipinski definition) is 4. The van der Waals surface area contributed by atoms with Crippen molar-refractivity contribution in [2.75, 3.05) is 0 Å². The minimum atomic E-state index is -0.254. The van der Waals surface area contributed by atoms with Crippen LogP contribution in [0.25, 0.3) is 0 Å². The average Bonchev–Trinajstić information content (AvgIpc) is 2.37. The van der Waals surface area contributed by atoms with Gasteiger partial charge in [0.2, 0.25) is 0 Å². The molecule has 2 N–H and O–H groups in total. The molecule has 0 aliphatic heterocycles. The lowest BCUT2D eigenvalue weighted by molar-refractivity contribution is 0.624. The van der Waals surface area contributed by atoms with Crippen molar-refractivity contribution in [2.45, 2.75) is 24.4 Å². The predicted molar refractivity (Wildman–Crippen MR) is 70.6 cm³/mol. The number of nitrogens with zero attached hydrogens (tertiary/aromatic N) is 2. The van der Waals surface area contributed by atoms with Gasteiger partial charge in [0.05, 0.1) is 0 Å². The molecule has 0 fully saturated rings. The number of thioether (sulfide) groups is 1. The van der Waals surface area contributed by atoms with Crippen LogP contribution < -0.4 is 5.73 Å². The van der Waals surface area contributed by atoms with E-state index in [0.29, 0.717) is 12.3 Å². The number of aromatic nitrogens is 2. The van der Waals surface area contributed by atoms with Gasteiger partial charge in [-0.1, -0.05) is 17.8 Å². The van der Waals surface area contributed by atoms with Crippen LogP contribution >= 0.6 is 11.8 Å². The lowest BCUT2D eigenvalue weighted by Crippen LogP contribution is -2.01. The normalized spacial score (nSPS) is 10.6. The summed E-state index contributed by atoms with van der Waals surface area (Å²) in [6.07, 6.45) is 1.74. The zero-order chi connectivity index (χ0) is 13.0. The molecule has 0 bridgehead atoms. The Balaban J connectivity index is 2.10. The number of rotatable bonds is 4. The Labute approximate surface area is 110 Å². The molecule has 1 heterocycles. The van der Waals surface area contributed by atoms with E-state index >= 15 is 0 Å². The smallest absolute Gasteiger partial charge is 0.188 e. The van der Waals surface area contributed by atoms with Gasteiger partial charge in [0.15, 0.2) is 5.16 Å². The van der Waals surface area contributed by atoms with Gasteiger partial charge in [-0.25, -0.2) is 14.4 Å². The number of halogens is 1.